The Balaban J connectivity index is 1.42. The monoisotopic (exact) mass is 456 g/mol. The van der Waals surface area contributed by atoms with Crippen LogP contribution in [-0.4, -0.2) is 19.1 Å². The van der Waals surface area contributed by atoms with Crippen LogP contribution in [0.3, 0.4) is 0 Å². The van der Waals surface area contributed by atoms with Crippen molar-refractivity contribution in [2.45, 2.75) is 33.1 Å². The molecule has 2 aromatic carbocycles. The number of hydrogen-bond donors (Lipinski definition) is 0. The lowest BCUT2D eigenvalue weighted by molar-refractivity contribution is 0.591. The molecule has 0 unspecified atom stereocenters. The van der Waals surface area contributed by atoms with Crippen molar-refractivity contribution in [3.8, 4) is 11.6 Å². The lowest BCUT2D eigenvalue weighted by atomic mass is 9.84. The number of fused-ring (bicyclic) bond motifs is 2. The van der Waals surface area contributed by atoms with Gasteiger partial charge in [-0.1, -0.05) is 60.7 Å². The molecule has 0 N–H and O–H groups in total. The predicted molar refractivity (Wildman–Crippen MR) is 144 cm³/mol. The highest BCUT2D eigenvalue weighted by molar-refractivity contribution is 5.86. The molecule has 4 aromatic heterocycles. The van der Waals surface area contributed by atoms with Crippen LogP contribution < -0.4 is 0 Å². The van der Waals surface area contributed by atoms with Crippen LogP contribution in [0.25, 0.3) is 33.2 Å². The van der Waals surface area contributed by atoms with Crippen molar-refractivity contribution in [1.82, 2.24) is 19.1 Å². The van der Waals surface area contributed by atoms with Gasteiger partial charge in [0.25, 0.3) is 0 Å². The highest BCUT2D eigenvalue weighted by atomic mass is 15.1. The van der Waals surface area contributed by atoms with Gasteiger partial charge in [0.2, 0.25) is 0 Å². The summed E-state index contributed by atoms with van der Waals surface area (Å²) in [6, 6.07) is 29.5. The smallest absolute Gasteiger partial charge is 0.137 e. The summed E-state index contributed by atoms with van der Waals surface area (Å²) < 4.78 is 4.37. The zero-order valence-corrected chi connectivity index (χ0v) is 20.5. The van der Waals surface area contributed by atoms with Gasteiger partial charge in [-0.2, -0.15) is 0 Å². The van der Waals surface area contributed by atoms with Gasteiger partial charge < -0.3 is 9.13 Å². The Morgan fingerprint density at radius 2 is 0.971 bits per heavy atom. The van der Waals surface area contributed by atoms with Crippen LogP contribution in [0.2, 0.25) is 0 Å². The van der Waals surface area contributed by atoms with Crippen molar-refractivity contribution in [2.75, 3.05) is 0 Å². The van der Waals surface area contributed by atoms with Crippen LogP contribution in [0.4, 0.5) is 0 Å². The summed E-state index contributed by atoms with van der Waals surface area (Å²) in [5.74, 6) is 1.85. The molecule has 0 saturated heterocycles. The fraction of sp³-hybridized carbons (Fsp3) is 0.161. The average Bonchev–Trinajstić information content (AvgIpc) is 3.41. The number of nitrogens with zero attached hydrogens (tertiary/aromatic N) is 4. The van der Waals surface area contributed by atoms with Gasteiger partial charge in [-0.25, -0.2) is 9.97 Å². The first kappa shape index (κ1) is 21.4. The molecule has 35 heavy (non-hydrogen) atoms. The molecule has 0 spiro atoms. The van der Waals surface area contributed by atoms with Gasteiger partial charge in [-0.15, -0.1) is 0 Å². The van der Waals surface area contributed by atoms with Crippen molar-refractivity contribution in [1.29, 1.82) is 0 Å². The summed E-state index contributed by atoms with van der Waals surface area (Å²) in [4.78, 5) is 10.2. The number of pyridine rings is 2. The molecule has 6 rings (SSSR count). The van der Waals surface area contributed by atoms with Gasteiger partial charge in [-0.05, 0) is 52.0 Å². The average molecular weight is 457 g/mol. The second-order valence-corrected chi connectivity index (χ2v) is 9.73. The predicted octanol–water partition coefficient (Wildman–Crippen LogP) is 7.31. The van der Waals surface area contributed by atoms with Crippen LogP contribution >= 0.6 is 0 Å². The van der Waals surface area contributed by atoms with E-state index in [1.165, 1.54) is 32.9 Å². The first-order chi connectivity index (χ1) is 16.9. The van der Waals surface area contributed by atoms with E-state index in [4.69, 9.17) is 9.97 Å². The normalized spacial score (nSPS) is 12.0. The SMILES string of the molecule is Cc1c2ccccc2cn1-c1cccc(C(C)(C)c2cccc(-n3cc4ccccc4c3C)n2)n1. The number of aryl methyl sites for hydroxylation is 2. The van der Waals surface area contributed by atoms with Gasteiger partial charge in [-0.3, -0.25) is 0 Å². The Kier molecular flexibility index (Phi) is 4.85. The zero-order valence-electron chi connectivity index (χ0n) is 20.5. The minimum atomic E-state index is -0.368. The number of hydrogen-bond acceptors (Lipinski definition) is 2. The quantitative estimate of drug-likeness (QED) is 0.279. The van der Waals surface area contributed by atoms with E-state index in [-0.39, 0.29) is 5.41 Å². The molecule has 0 aliphatic heterocycles. The Labute approximate surface area is 205 Å². The summed E-state index contributed by atoms with van der Waals surface area (Å²) >= 11 is 0. The summed E-state index contributed by atoms with van der Waals surface area (Å²) in [6.45, 7) is 8.69. The molecule has 0 radical (unpaired) electrons. The minimum Gasteiger partial charge on any atom is -0.305 e. The largest absolute Gasteiger partial charge is 0.305 e. The Bertz CT molecular complexity index is 1570. The third-order valence-electron chi connectivity index (χ3n) is 7.20. The van der Waals surface area contributed by atoms with Gasteiger partial charge in [0.1, 0.15) is 11.6 Å². The second-order valence-electron chi connectivity index (χ2n) is 9.73. The summed E-state index contributed by atoms with van der Waals surface area (Å²) in [7, 11) is 0. The maximum atomic E-state index is 5.12. The molecule has 0 amide bonds. The van der Waals surface area contributed by atoms with Crippen molar-refractivity contribution in [2.24, 2.45) is 0 Å². The van der Waals surface area contributed by atoms with Crippen LogP contribution in [0.5, 0.6) is 0 Å². The highest BCUT2D eigenvalue weighted by Gasteiger charge is 2.27. The Morgan fingerprint density at radius 1 is 0.543 bits per heavy atom. The van der Waals surface area contributed by atoms with E-state index in [9.17, 15) is 0 Å². The topological polar surface area (TPSA) is 35.6 Å². The van der Waals surface area contributed by atoms with E-state index in [0.29, 0.717) is 0 Å². The zero-order chi connectivity index (χ0) is 24.2. The van der Waals surface area contributed by atoms with E-state index >= 15 is 0 Å². The molecule has 0 bridgehead atoms. The molecule has 4 heterocycles. The molecule has 172 valence electrons. The molecule has 4 heteroatoms. The van der Waals surface area contributed by atoms with E-state index in [0.717, 1.165) is 23.0 Å². The van der Waals surface area contributed by atoms with Gasteiger partial charge in [0.05, 0.1) is 11.4 Å². The summed E-state index contributed by atoms with van der Waals surface area (Å²) in [5, 5.41) is 4.95. The third kappa shape index (κ3) is 3.45. The van der Waals surface area contributed by atoms with E-state index in [2.05, 4.69) is 134 Å². The molecule has 0 atom stereocenters. The van der Waals surface area contributed by atoms with Crippen LogP contribution in [0.1, 0.15) is 36.6 Å². The van der Waals surface area contributed by atoms with Gasteiger partial charge >= 0.3 is 0 Å². The van der Waals surface area contributed by atoms with Crippen molar-refractivity contribution < 1.29 is 0 Å². The first-order valence-corrected chi connectivity index (χ1v) is 12.0. The van der Waals surface area contributed by atoms with Crippen LogP contribution in [0.15, 0.2) is 97.3 Å². The molecule has 0 aliphatic rings. The number of benzene rings is 2. The molecule has 0 fully saturated rings. The fourth-order valence-electron chi connectivity index (χ4n) is 5.03. The van der Waals surface area contributed by atoms with Crippen LogP contribution in [0, 0.1) is 13.8 Å². The fourth-order valence-corrected chi connectivity index (χ4v) is 5.03. The molecule has 0 aliphatic carbocycles. The highest BCUT2D eigenvalue weighted by Crippen LogP contribution is 2.32. The first-order valence-electron chi connectivity index (χ1n) is 12.0. The lowest BCUT2D eigenvalue weighted by Gasteiger charge is -2.25. The van der Waals surface area contributed by atoms with Gasteiger partial charge in [0.15, 0.2) is 0 Å². The van der Waals surface area contributed by atoms with E-state index in [1.54, 1.807) is 0 Å². The van der Waals surface area contributed by atoms with Gasteiger partial charge in [0, 0.05) is 50.7 Å². The standard InChI is InChI=1S/C31H28N4/c1-21-25-13-7-5-11-23(25)19-34(21)29-17-9-15-27(32-29)31(3,4)28-16-10-18-30(33-28)35-20-24-12-6-8-14-26(24)22(35)2/h5-20H,1-4H3. The van der Waals surface area contributed by atoms with Crippen molar-refractivity contribution >= 4 is 21.5 Å². The van der Waals surface area contributed by atoms with E-state index in [1.807, 2.05) is 0 Å². The summed E-state index contributed by atoms with van der Waals surface area (Å²) in [6.07, 6.45) is 4.34. The maximum absolute atomic E-state index is 5.12. The summed E-state index contributed by atoms with van der Waals surface area (Å²) in [5.41, 5.74) is 4.00. The maximum Gasteiger partial charge on any atom is 0.137 e. The van der Waals surface area contributed by atoms with Crippen molar-refractivity contribution in [3.05, 3.63) is 120 Å². The molecular formula is C31H28N4. The molecule has 4 nitrogen and oxygen atoms in total. The Morgan fingerprint density at radius 3 is 1.40 bits per heavy atom. The minimum absolute atomic E-state index is 0.368. The Hall–Kier alpha value is -4.18. The number of rotatable bonds is 4. The van der Waals surface area contributed by atoms with Crippen LogP contribution in [-0.2, 0) is 5.41 Å². The number of aromatic nitrogens is 4. The van der Waals surface area contributed by atoms with E-state index < -0.39 is 0 Å². The third-order valence-corrected chi connectivity index (χ3v) is 7.20. The van der Waals surface area contributed by atoms with Crippen molar-refractivity contribution in [3.63, 3.8) is 0 Å². The second kappa shape index (κ2) is 7.95. The molecule has 0 saturated carbocycles. The molecule has 6 aromatic rings. The molecular weight excluding hydrogens is 428 g/mol. The lowest BCUT2D eigenvalue weighted by Crippen LogP contribution is -2.23.